The Balaban J connectivity index is 1.81. The van der Waals surface area contributed by atoms with Gasteiger partial charge in [-0.25, -0.2) is 0 Å². The number of ether oxygens (including phenoxy) is 2. The van der Waals surface area contributed by atoms with Crippen molar-refractivity contribution < 1.29 is 9.47 Å². The topological polar surface area (TPSA) is 21.7 Å². The highest BCUT2D eigenvalue weighted by atomic mass is 16.5. The Hall–Kier alpha value is -1.22. The fourth-order valence-corrected chi connectivity index (χ4v) is 4.50. The molecule has 1 aromatic rings. The van der Waals surface area contributed by atoms with Crippen molar-refractivity contribution in [3.63, 3.8) is 0 Å². The van der Waals surface area contributed by atoms with Crippen molar-refractivity contribution in [3.05, 3.63) is 23.3 Å². The monoisotopic (exact) mass is 259 g/mol. The van der Waals surface area contributed by atoms with Gasteiger partial charge < -0.3 is 9.47 Å². The van der Waals surface area contributed by atoms with Crippen LogP contribution in [0.3, 0.4) is 0 Å². The highest BCUT2D eigenvalue weighted by Gasteiger charge is 2.48. The van der Waals surface area contributed by atoms with Gasteiger partial charge in [0.15, 0.2) is 11.5 Å². The maximum Gasteiger partial charge on any atom is 0.161 e. The highest BCUT2D eigenvalue weighted by Crippen LogP contribution is 2.52. The predicted octanol–water partition coefficient (Wildman–Crippen LogP) is 2.79. The van der Waals surface area contributed by atoms with Crippen molar-refractivity contribution >= 4 is 0 Å². The summed E-state index contributed by atoms with van der Waals surface area (Å²) in [5.41, 5.74) is 2.96. The van der Waals surface area contributed by atoms with Gasteiger partial charge >= 0.3 is 0 Å². The molecule has 3 heterocycles. The Morgan fingerprint density at radius 2 is 1.89 bits per heavy atom. The molecule has 4 bridgehead atoms. The number of hydrogen-bond donors (Lipinski definition) is 0. The molecule has 0 radical (unpaired) electrons. The summed E-state index contributed by atoms with van der Waals surface area (Å²) in [6, 6.07) is 5.88. The van der Waals surface area contributed by atoms with Gasteiger partial charge in [-0.15, -0.1) is 0 Å². The second kappa shape index (κ2) is 4.14. The van der Waals surface area contributed by atoms with Crippen LogP contribution in [0, 0.1) is 5.92 Å². The zero-order chi connectivity index (χ0) is 13.0. The molecular formula is C16H21NO2. The lowest BCUT2D eigenvalue weighted by Gasteiger charge is -2.27. The third kappa shape index (κ3) is 1.54. The van der Waals surface area contributed by atoms with E-state index in [2.05, 4.69) is 17.0 Å². The minimum absolute atomic E-state index is 0.626. The predicted molar refractivity (Wildman–Crippen MR) is 73.8 cm³/mol. The molecular weight excluding hydrogens is 238 g/mol. The van der Waals surface area contributed by atoms with E-state index in [1.165, 1.54) is 43.4 Å². The van der Waals surface area contributed by atoms with E-state index in [9.17, 15) is 0 Å². The molecule has 0 N–H and O–H groups in total. The summed E-state index contributed by atoms with van der Waals surface area (Å²) < 4.78 is 10.9. The number of hydrogen-bond acceptors (Lipinski definition) is 3. The molecule has 1 aromatic carbocycles. The van der Waals surface area contributed by atoms with Gasteiger partial charge in [-0.1, -0.05) is 0 Å². The van der Waals surface area contributed by atoms with E-state index >= 15 is 0 Å². The van der Waals surface area contributed by atoms with Gasteiger partial charge in [0.1, 0.15) is 0 Å². The smallest absolute Gasteiger partial charge is 0.161 e. The molecule has 4 unspecified atom stereocenters. The van der Waals surface area contributed by atoms with Gasteiger partial charge in [0.2, 0.25) is 0 Å². The van der Waals surface area contributed by atoms with E-state index < -0.39 is 0 Å². The molecule has 4 rings (SSSR count). The molecule has 102 valence electrons. The van der Waals surface area contributed by atoms with Crippen LogP contribution in [0.2, 0.25) is 0 Å². The molecule has 3 aliphatic heterocycles. The fourth-order valence-electron chi connectivity index (χ4n) is 4.50. The fraction of sp³-hybridized carbons (Fsp3) is 0.625. The third-order valence-corrected chi connectivity index (χ3v) is 5.37. The first-order chi connectivity index (χ1) is 9.31. The third-order valence-electron chi connectivity index (χ3n) is 5.37. The van der Waals surface area contributed by atoms with Crippen molar-refractivity contribution in [2.75, 3.05) is 20.8 Å². The Morgan fingerprint density at radius 3 is 2.68 bits per heavy atom. The molecule has 2 fully saturated rings. The summed E-state index contributed by atoms with van der Waals surface area (Å²) in [4.78, 5) is 2.74. The second-order valence-electron chi connectivity index (χ2n) is 6.05. The number of methoxy groups -OCH3 is 2. The van der Waals surface area contributed by atoms with Gasteiger partial charge in [0.05, 0.1) is 14.2 Å². The minimum atomic E-state index is 0.626. The second-order valence-corrected chi connectivity index (χ2v) is 6.05. The molecule has 0 amide bonds. The summed E-state index contributed by atoms with van der Waals surface area (Å²) in [6.45, 7) is 1.29. The summed E-state index contributed by atoms with van der Waals surface area (Å²) >= 11 is 0. The van der Waals surface area contributed by atoms with E-state index in [-0.39, 0.29) is 0 Å². The van der Waals surface area contributed by atoms with E-state index in [4.69, 9.17) is 9.47 Å². The van der Waals surface area contributed by atoms with Crippen LogP contribution in [0.25, 0.3) is 0 Å². The first-order valence-electron chi connectivity index (χ1n) is 7.32. The lowest BCUT2D eigenvalue weighted by molar-refractivity contribution is 0.223. The number of fused-ring (bicyclic) bond motifs is 2. The van der Waals surface area contributed by atoms with Gasteiger partial charge in [0.25, 0.3) is 0 Å². The molecule has 2 saturated heterocycles. The van der Waals surface area contributed by atoms with E-state index in [1.807, 2.05) is 0 Å². The lowest BCUT2D eigenvalue weighted by atomic mass is 9.85. The van der Waals surface area contributed by atoms with Crippen LogP contribution < -0.4 is 9.47 Å². The molecule has 4 atom stereocenters. The minimum Gasteiger partial charge on any atom is -0.493 e. The standard InChI is InChI=1S/C16H21NO2/c1-18-15-8-10-3-4-13-11-5-6-17(13)14(7-11)12(10)9-16(15)19-2/h8-9,11,13-14H,3-7H2,1-2H3. The zero-order valence-electron chi connectivity index (χ0n) is 11.7. The molecule has 0 aliphatic carbocycles. The van der Waals surface area contributed by atoms with Crippen molar-refractivity contribution in [1.82, 2.24) is 4.90 Å². The first-order valence-corrected chi connectivity index (χ1v) is 7.32. The van der Waals surface area contributed by atoms with Crippen LogP contribution in [-0.4, -0.2) is 31.7 Å². The van der Waals surface area contributed by atoms with Gasteiger partial charge in [-0.3, -0.25) is 4.90 Å². The number of aryl methyl sites for hydroxylation is 1. The maximum atomic E-state index is 5.49. The Labute approximate surface area is 114 Å². The van der Waals surface area contributed by atoms with Crippen LogP contribution >= 0.6 is 0 Å². The van der Waals surface area contributed by atoms with Crippen LogP contribution in [-0.2, 0) is 6.42 Å². The van der Waals surface area contributed by atoms with Crippen LogP contribution in [0.5, 0.6) is 11.5 Å². The summed E-state index contributed by atoms with van der Waals surface area (Å²) in [7, 11) is 3.45. The van der Waals surface area contributed by atoms with Gasteiger partial charge in [0, 0.05) is 12.1 Å². The van der Waals surface area contributed by atoms with E-state index in [0.717, 1.165) is 23.5 Å². The molecule has 0 spiro atoms. The first kappa shape index (κ1) is 11.6. The van der Waals surface area contributed by atoms with Crippen LogP contribution in [0.15, 0.2) is 12.1 Å². The number of nitrogens with zero attached hydrogens (tertiary/aromatic N) is 1. The largest absolute Gasteiger partial charge is 0.493 e. The Morgan fingerprint density at radius 1 is 1.11 bits per heavy atom. The maximum absolute atomic E-state index is 5.49. The Bertz CT molecular complexity index is 514. The van der Waals surface area contributed by atoms with Crippen LogP contribution in [0.4, 0.5) is 0 Å². The summed E-state index contributed by atoms with van der Waals surface area (Å²) in [6.07, 6.45) is 5.24. The molecule has 0 aromatic heterocycles. The Kier molecular flexibility index (Phi) is 2.52. The molecule has 3 aliphatic rings. The molecule has 19 heavy (non-hydrogen) atoms. The average Bonchev–Trinajstić information content (AvgIpc) is 2.94. The zero-order valence-corrected chi connectivity index (χ0v) is 11.7. The van der Waals surface area contributed by atoms with Crippen molar-refractivity contribution in [2.45, 2.75) is 37.8 Å². The van der Waals surface area contributed by atoms with Gasteiger partial charge in [-0.05, 0) is 61.4 Å². The summed E-state index contributed by atoms with van der Waals surface area (Å²) in [5.74, 6) is 2.69. The molecule has 0 saturated carbocycles. The molecule has 3 heteroatoms. The number of benzene rings is 1. The quantitative estimate of drug-likeness (QED) is 0.815. The van der Waals surface area contributed by atoms with E-state index in [1.54, 1.807) is 14.2 Å². The SMILES string of the molecule is COc1cc2c(cc1OC)C1CC3CCN1C3CC2. The summed E-state index contributed by atoms with van der Waals surface area (Å²) in [5, 5.41) is 0. The van der Waals surface area contributed by atoms with E-state index in [0.29, 0.717) is 6.04 Å². The van der Waals surface area contributed by atoms with Gasteiger partial charge in [-0.2, -0.15) is 0 Å². The van der Waals surface area contributed by atoms with Crippen molar-refractivity contribution in [2.24, 2.45) is 5.92 Å². The lowest BCUT2D eigenvalue weighted by Crippen LogP contribution is -2.27. The highest BCUT2D eigenvalue weighted by molar-refractivity contribution is 5.49. The van der Waals surface area contributed by atoms with Crippen molar-refractivity contribution in [1.29, 1.82) is 0 Å². The number of piperidine rings is 1. The average molecular weight is 259 g/mol. The van der Waals surface area contributed by atoms with Crippen LogP contribution in [0.1, 0.15) is 36.4 Å². The van der Waals surface area contributed by atoms with Crippen molar-refractivity contribution in [3.8, 4) is 11.5 Å². The molecule has 3 nitrogen and oxygen atoms in total. The number of rotatable bonds is 2. The normalized spacial score (nSPS) is 34.8.